The first-order valence-electron chi connectivity index (χ1n) is 10.7. The molecule has 162 valence electrons. The average molecular weight is 420 g/mol. The van der Waals surface area contributed by atoms with Crippen LogP contribution in [0.25, 0.3) is 16.9 Å². The second-order valence-corrected chi connectivity index (χ2v) is 7.64. The Labute approximate surface area is 183 Å². The van der Waals surface area contributed by atoms with E-state index >= 15 is 0 Å². The summed E-state index contributed by atoms with van der Waals surface area (Å²) in [6.07, 6.45) is 0. The molecule has 6 heteroatoms. The van der Waals surface area contributed by atoms with Crippen LogP contribution in [0.3, 0.4) is 0 Å². The molecule has 1 aliphatic rings. The Kier molecular flexibility index (Phi) is 6.70. The summed E-state index contributed by atoms with van der Waals surface area (Å²) in [6.45, 7) is 6.81. The predicted molar refractivity (Wildman–Crippen MR) is 122 cm³/mol. The van der Waals surface area contributed by atoms with Gasteiger partial charge < -0.3 is 19.4 Å². The zero-order valence-electron chi connectivity index (χ0n) is 18.1. The molecule has 4 rings (SSSR count). The summed E-state index contributed by atoms with van der Waals surface area (Å²) in [4.78, 5) is 15.4. The predicted octanol–water partition coefficient (Wildman–Crippen LogP) is 3.52. The van der Waals surface area contributed by atoms with E-state index in [-0.39, 0.29) is 5.91 Å². The van der Waals surface area contributed by atoms with Gasteiger partial charge in [-0.3, -0.25) is 9.69 Å². The Morgan fingerprint density at radius 3 is 2.45 bits per heavy atom. The molecule has 3 aromatic rings. The number of amides is 1. The fraction of sp³-hybridized carbons (Fsp3) is 0.320. The summed E-state index contributed by atoms with van der Waals surface area (Å²) in [5.74, 6) is 0.759. The smallest absolute Gasteiger partial charge is 0.253 e. The zero-order valence-corrected chi connectivity index (χ0v) is 18.1. The van der Waals surface area contributed by atoms with Gasteiger partial charge in [-0.05, 0) is 55.0 Å². The largest absolute Gasteiger partial charge is 0.497 e. The van der Waals surface area contributed by atoms with E-state index in [1.54, 1.807) is 7.11 Å². The van der Waals surface area contributed by atoms with Crippen molar-refractivity contribution in [2.24, 2.45) is 0 Å². The van der Waals surface area contributed by atoms with Crippen LogP contribution in [0, 0.1) is 6.92 Å². The molecular weight excluding hydrogens is 390 g/mol. The number of carbonyl (C=O) groups is 1. The number of morpholine rings is 1. The van der Waals surface area contributed by atoms with Crippen molar-refractivity contribution >= 4 is 5.91 Å². The summed E-state index contributed by atoms with van der Waals surface area (Å²) in [7, 11) is 1.66. The molecule has 0 spiro atoms. The van der Waals surface area contributed by atoms with Gasteiger partial charge >= 0.3 is 0 Å². The average Bonchev–Trinajstić information content (AvgIpc) is 3.17. The first-order chi connectivity index (χ1) is 15.2. The van der Waals surface area contributed by atoms with Crippen LogP contribution in [-0.4, -0.2) is 61.9 Å². The standard InChI is InChI=1S/C25H29N3O3/c1-19-23(25(29)26-12-13-27-14-16-31-17-15-27)18-24(20-8-10-22(30-2)11-9-20)28(19)21-6-4-3-5-7-21/h3-11,18H,12-17H2,1-2H3,(H,26,29). The molecule has 0 saturated carbocycles. The minimum atomic E-state index is -0.0461. The lowest BCUT2D eigenvalue weighted by molar-refractivity contribution is 0.0383. The van der Waals surface area contributed by atoms with Crippen molar-refractivity contribution in [3.63, 3.8) is 0 Å². The van der Waals surface area contributed by atoms with Gasteiger partial charge in [0.25, 0.3) is 5.91 Å². The molecule has 1 N–H and O–H groups in total. The lowest BCUT2D eigenvalue weighted by Gasteiger charge is -2.26. The van der Waals surface area contributed by atoms with Crippen LogP contribution in [0.2, 0.25) is 0 Å². The summed E-state index contributed by atoms with van der Waals surface area (Å²) >= 11 is 0. The van der Waals surface area contributed by atoms with Crippen LogP contribution in [0.5, 0.6) is 5.75 Å². The Bertz CT molecular complexity index is 1010. The molecule has 1 amide bonds. The molecule has 0 aliphatic carbocycles. The number of nitrogens with one attached hydrogen (secondary N) is 1. The number of aromatic nitrogens is 1. The third-order valence-electron chi connectivity index (χ3n) is 5.71. The quantitative estimate of drug-likeness (QED) is 0.637. The Hall–Kier alpha value is -3.09. The molecule has 6 nitrogen and oxygen atoms in total. The summed E-state index contributed by atoms with van der Waals surface area (Å²) in [6, 6.07) is 20.0. The van der Waals surface area contributed by atoms with E-state index in [4.69, 9.17) is 9.47 Å². The number of benzene rings is 2. The van der Waals surface area contributed by atoms with Gasteiger partial charge in [-0.25, -0.2) is 0 Å². The number of hydrogen-bond acceptors (Lipinski definition) is 4. The summed E-state index contributed by atoms with van der Waals surface area (Å²) in [5, 5.41) is 3.09. The van der Waals surface area contributed by atoms with Gasteiger partial charge in [-0.1, -0.05) is 18.2 Å². The van der Waals surface area contributed by atoms with Crippen molar-refractivity contribution < 1.29 is 14.3 Å². The molecule has 1 saturated heterocycles. The van der Waals surface area contributed by atoms with Crippen molar-refractivity contribution in [2.75, 3.05) is 46.5 Å². The number of nitrogens with zero attached hydrogens (tertiary/aromatic N) is 2. The SMILES string of the molecule is COc1ccc(-c2cc(C(=O)NCCN3CCOCC3)c(C)n2-c2ccccc2)cc1. The molecule has 1 aromatic heterocycles. The van der Waals surface area contributed by atoms with E-state index in [0.29, 0.717) is 12.1 Å². The normalized spacial score (nSPS) is 14.4. The van der Waals surface area contributed by atoms with Gasteiger partial charge in [0.05, 0.1) is 31.6 Å². The van der Waals surface area contributed by atoms with E-state index in [2.05, 4.69) is 26.9 Å². The van der Waals surface area contributed by atoms with Crippen molar-refractivity contribution in [3.8, 4) is 22.7 Å². The minimum absolute atomic E-state index is 0.0461. The first kappa shape index (κ1) is 21.2. The second-order valence-electron chi connectivity index (χ2n) is 7.64. The molecule has 0 atom stereocenters. The number of methoxy groups -OCH3 is 1. The highest BCUT2D eigenvalue weighted by Gasteiger charge is 2.20. The molecule has 2 aromatic carbocycles. The number of para-hydroxylation sites is 1. The van der Waals surface area contributed by atoms with Gasteiger partial charge in [-0.15, -0.1) is 0 Å². The molecule has 0 unspecified atom stereocenters. The van der Waals surface area contributed by atoms with Crippen LogP contribution >= 0.6 is 0 Å². The highest BCUT2D eigenvalue weighted by atomic mass is 16.5. The van der Waals surface area contributed by atoms with Gasteiger partial charge in [0.15, 0.2) is 0 Å². The lowest BCUT2D eigenvalue weighted by Crippen LogP contribution is -2.41. The van der Waals surface area contributed by atoms with Crippen molar-refractivity contribution in [1.29, 1.82) is 0 Å². The Morgan fingerprint density at radius 2 is 1.77 bits per heavy atom. The molecule has 0 bridgehead atoms. The van der Waals surface area contributed by atoms with Crippen LogP contribution in [0.4, 0.5) is 0 Å². The second kappa shape index (κ2) is 9.81. The monoisotopic (exact) mass is 419 g/mol. The summed E-state index contributed by atoms with van der Waals surface area (Å²) < 4.78 is 12.8. The van der Waals surface area contributed by atoms with E-state index in [9.17, 15) is 4.79 Å². The van der Waals surface area contributed by atoms with Crippen molar-refractivity contribution in [1.82, 2.24) is 14.8 Å². The minimum Gasteiger partial charge on any atom is -0.497 e. The van der Waals surface area contributed by atoms with Gasteiger partial charge in [0.2, 0.25) is 0 Å². The highest BCUT2D eigenvalue weighted by molar-refractivity contribution is 5.97. The molecule has 2 heterocycles. The number of rotatable bonds is 7. The molecule has 1 aliphatic heterocycles. The summed E-state index contributed by atoms with van der Waals surface area (Å²) in [5.41, 5.74) is 4.64. The zero-order chi connectivity index (χ0) is 21.6. The maximum Gasteiger partial charge on any atom is 0.253 e. The third kappa shape index (κ3) is 4.81. The van der Waals surface area contributed by atoms with Crippen LogP contribution in [-0.2, 0) is 4.74 Å². The van der Waals surface area contributed by atoms with Crippen LogP contribution < -0.4 is 10.1 Å². The molecule has 1 fully saturated rings. The van der Waals surface area contributed by atoms with E-state index in [0.717, 1.165) is 61.2 Å². The number of ether oxygens (including phenoxy) is 2. The van der Waals surface area contributed by atoms with Crippen LogP contribution in [0.1, 0.15) is 16.1 Å². The van der Waals surface area contributed by atoms with E-state index in [1.165, 1.54) is 0 Å². The fourth-order valence-corrected chi connectivity index (χ4v) is 3.97. The van der Waals surface area contributed by atoms with Crippen molar-refractivity contribution in [2.45, 2.75) is 6.92 Å². The van der Waals surface area contributed by atoms with E-state index in [1.807, 2.05) is 55.5 Å². The lowest BCUT2D eigenvalue weighted by atomic mass is 10.1. The number of hydrogen-bond donors (Lipinski definition) is 1. The maximum absolute atomic E-state index is 13.0. The van der Waals surface area contributed by atoms with Crippen LogP contribution in [0.15, 0.2) is 60.7 Å². The topological polar surface area (TPSA) is 55.7 Å². The molecule has 0 radical (unpaired) electrons. The maximum atomic E-state index is 13.0. The van der Waals surface area contributed by atoms with Crippen molar-refractivity contribution in [3.05, 3.63) is 71.9 Å². The van der Waals surface area contributed by atoms with E-state index < -0.39 is 0 Å². The third-order valence-corrected chi connectivity index (χ3v) is 5.71. The Balaban J connectivity index is 1.60. The van der Waals surface area contributed by atoms with Gasteiger partial charge in [-0.2, -0.15) is 0 Å². The van der Waals surface area contributed by atoms with Gasteiger partial charge in [0.1, 0.15) is 5.75 Å². The van der Waals surface area contributed by atoms with Gasteiger partial charge in [0, 0.05) is 37.6 Å². The highest BCUT2D eigenvalue weighted by Crippen LogP contribution is 2.30. The fourth-order valence-electron chi connectivity index (χ4n) is 3.97. The molecular formula is C25H29N3O3. The first-order valence-corrected chi connectivity index (χ1v) is 10.7. The number of carbonyl (C=O) groups excluding carboxylic acids is 1. The molecule has 31 heavy (non-hydrogen) atoms. The Morgan fingerprint density at radius 1 is 1.06 bits per heavy atom.